The Morgan fingerprint density at radius 2 is 1.68 bits per heavy atom. The maximum absolute atomic E-state index is 12.5. The minimum Gasteiger partial charge on any atom is -0.374 e. The van der Waals surface area contributed by atoms with E-state index < -0.39 is 11.8 Å². The summed E-state index contributed by atoms with van der Waals surface area (Å²) in [6.07, 6.45) is 4.67. The van der Waals surface area contributed by atoms with Gasteiger partial charge in [0.05, 0.1) is 6.04 Å². The Morgan fingerprint density at radius 1 is 0.935 bits per heavy atom. The Balaban J connectivity index is 1.40. The summed E-state index contributed by atoms with van der Waals surface area (Å²) in [7, 11) is 2.13. The zero-order valence-corrected chi connectivity index (χ0v) is 18.3. The van der Waals surface area contributed by atoms with E-state index in [2.05, 4.69) is 45.7 Å². The van der Waals surface area contributed by atoms with Gasteiger partial charge in [-0.15, -0.1) is 0 Å². The number of anilines is 1. The number of rotatable bonds is 6. The van der Waals surface area contributed by atoms with E-state index in [4.69, 9.17) is 0 Å². The first-order valence-corrected chi connectivity index (χ1v) is 11.3. The molecule has 2 aromatic rings. The van der Waals surface area contributed by atoms with Crippen LogP contribution in [0.3, 0.4) is 0 Å². The second-order valence-electron chi connectivity index (χ2n) is 8.55. The number of likely N-dealkylation sites (tertiary alicyclic amines) is 1. The molecule has 2 aliphatic rings. The zero-order chi connectivity index (χ0) is 21.6. The molecular weight excluding hydrogens is 388 g/mol. The molecule has 2 amide bonds. The smallest absolute Gasteiger partial charge is 0.309 e. The summed E-state index contributed by atoms with van der Waals surface area (Å²) < 4.78 is 0. The lowest BCUT2D eigenvalue weighted by Gasteiger charge is -2.35. The molecule has 2 heterocycles. The van der Waals surface area contributed by atoms with Gasteiger partial charge in [0.25, 0.3) is 0 Å². The predicted molar refractivity (Wildman–Crippen MR) is 123 cm³/mol. The van der Waals surface area contributed by atoms with Gasteiger partial charge >= 0.3 is 11.8 Å². The highest BCUT2D eigenvalue weighted by molar-refractivity contribution is 6.35. The van der Waals surface area contributed by atoms with Crippen molar-refractivity contribution in [3.63, 3.8) is 0 Å². The summed E-state index contributed by atoms with van der Waals surface area (Å²) in [5, 5.41) is 5.60. The number of piperidine rings is 1. The van der Waals surface area contributed by atoms with Crippen molar-refractivity contribution in [1.82, 2.24) is 15.5 Å². The number of amides is 2. The lowest BCUT2D eigenvalue weighted by molar-refractivity contribution is -0.139. The number of likely N-dealkylation sites (N-methyl/N-ethyl adjacent to an activating group) is 1. The van der Waals surface area contributed by atoms with Gasteiger partial charge in [0, 0.05) is 32.4 Å². The van der Waals surface area contributed by atoms with E-state index in [0.717, 1.165) is 31.6 Å². The van der Waals surface area contributed by atoms with Gasteiger partial charge < -0.3 is 15.5 Å². The topological polar surface area (TPSA) is 64.7 Å². The van der Waals surface area contributed by atoms with Gasteiger partial charge in [0.2, 0.25) is 0 Å². The molecule has 1 fully saturated rings. The van der Waals surface area contributed by atoms with E-state index in [0.29, 0.717) is 13.1 Å². The Bertz CT molecular complexity index is 909. The van der Waals surface area contributed by atoms with Gasteiger partial charge in [0.1, 0.15) is 0 Å². The van der Waals surface area contributed by atoms with Crippen LogP contribution in [0, 0.1) is 0 Å². The van der Waals surface area contributed by atoms with Crippen molar-refractivity contribution in [2.24, 2.45) is 0 Å². The van der Waals surface area contributed by atoms with Crippen molar-refractivity contribution in [3.05, 3.63) is 65.2 Å². The summed E-state index contributed by atoms with van der Waals surface area (Å²) >= 11 is 0. The molecule has 1 unspecified atom stereocenters. The zero-order valence-electron chi connectivity index (χ0n) is 18.3. The molecule has 164 valence electrons. The van der Waals surface area contributed by atoms with E-state index in [1.165, 1.54) is 36.1 Å². The average molecular weight is 421 g/mol. The Hall–Kier alpha value is -2.86. The third-order valence-electron chi connectivity index (χ3n) is 6.41. The second kappa shape index (κ2) is 9.96. The van der Waals surface area contributed by atoms with E-state index >= 15 is 0 Å². The molecule has 6 nitrogen and oxygen atoms in total. The van der Waals surface area contributed by atoms with E-state index in [-0.39, 0.29) is 6.04 Å². The van der Waals surface area contributed by atoms with Gasteiger partial charge in [-0.05, 0) is 55.1 Å². The van der Waals surface area contributed by atoms with Crippen LogP contribution in [0.15, 0.2) is 48.5 Å². The van der Waals surface area contributed by atoms with Gasteiger partial charge in [-0.3, -0.25) is 14.5 Å². The molecule has 0 aromatic heterocycles. The SMILES string of the molecule is CN1CCc2cc(C(CNC(=O)C(=O)NCc3ccccc3)N3CCCCC3)ccc21. The maximum Gasteiger partial charge on any atom is 0.309 e. The quantitative estimate of drug-likeness (QED) is 0.706. The van der Waals surface area contributed by atoms with Crippen LogP contribution >= 0.6 is 0 Å². The van der Waals surface area contributed by atoms with Gasteiger partial charge in [-0.1, -0.05) is 48.9 Å². The highest BCUT2D eigenvalue weighted by Gasteiger charge is 2.26. The van der Waals surface area contributed by atoms with Gasteiger partial charge in [-0.25, -0.2) is 0 Å². The van der Waals surface area contributed by atoms with Crippen molar-refractivity contribution >= 4 is 17.5 Å². The molecule has 2 aliphatic heterocycles. The first kappa shape index (κ1) is 21.4. The van der Waals surface area contributed by atoms with Crippen LogP contribution in [0.25, 0.3) is 0 Å². The fourth-order valence-corrected chi connectivity index (χ4v) is 4.61. The van der Waals surface area contributed by atoms with Crippen LogP contribution in [0.2, 0.25) is 0 Å². The molecule has 0 saturated carbocycles. The standard InChI is InChI=1S/C25H32N4O2/c1-28-15-12-21-16-20(10-11-22(21)28)23(29-13-6-3-7-14-29)18-27-25(31)24(30)26-17-19-8-4-2-5-9-19/h2,4-5,8-11,16,23H,3,6-7,12-15,17-18H2,1H3,(H,26,30)(H,27,31). The number of hydrogen-bond acceptors (Lipinski definition) is 4. The van der Waals surface area contributed by atoms with Crippen LogP contribution in [0.5, 0.6) is 0 Å². The summed E-state index contributed by atoms with van der Waals surface area (Å²) in [6, 6.07) is 16.4. The molecule has 6 heteroatoms. The minimum atomic E-state index is -0.586. The highest BCUT2D eigenvalue weighted by Crippen LogP contribution is 2.32. The molecule has 0 aliphatic carbocycles. The third-order valence-corrected chi connectivity index (χ3v) is 6.41. The van der Waals surface area contributed by atoms with Crippen LogP contribution in [-0.4, -0.2) is 49.9 Å². The molecule has 1 saturated heterocycles. The van der Waals surface area contributed by atoms with E-state index in [1.807, 2.05) is 30.3 Å². The summed E-state index contributed by atoms with van der Waals surface area (Å²) in [6.45, 7) is 3.88. The normalized spacial score (nSPS) is 17.1. The van der Waals surface area contributed by atoms with Crippen LogP contribution < -0.4 is 15.5 Å². The number of hydrogen-bond donors (Lipinski definition) is 2. The first-order chi connectivity index (χ1) is 15.1. The number of nitrogens with zero attached hydrogens (tertiary/aromatic N) is 2. The number of carbonyl (C=O) groups excluding carboxylic acids is 2. The van der Waals surface area contributed by atoms with Gasteiger partial charge in [0.15, 0.2) is 0 Å². The first-order valence-electron chi connectivity index (χ1n) is 11.3. The molecule has 0 bridgehead atoms. The van der Waals surface area contributed by atoms with Crippen molar-refractivity contribution in [3.8, 4) is 0 Å². The predicted octanol–water partition coefficient (Wildman–Crippen LogP) is 2.64. The monoisotopic (exact) mass is 420 g/mol. The second-order valence-corrected chi connectivity index (χ2v) is 8.55. The molecule has 2 N–H and O–H groups in total. The van der Waals surface area contributed by atoms with E-state index in [9.17, 15) is 9.59 Å². The number of fused-ring (bicyclic) bond motifs is 1. The Labute approximate surface area is 184 Å². The van der Waals surface area contributed by atoms with Gasteiger partial charge in [-0.2, -0.15) is 0 Å². The Morgan fingerprint density at radius 3 is 2.45 bits per heavy atom. The van der Waals surface area contributed by atoms with Crippen molar-refractivity contribution in [1.29, 1.82) is 0 Å². The summed E-state index contributed by atoms with van der Waals surface area (Å²) in [4.78, 5) is 29.5. The largest absolute Gasteiger partial charge is 0.374 e. The third kappa shape index (κ3) is 5.25. The maximum atomic E-state index is 12.5. The fraction of sp³-hybridized carbons (Fsp3) is 0.440. The molecular formula is C25H32N4O2. The van der Waals surface area contributed by atoms with Crippen LogP contribution in [0.4, 0.5) is 5.69 Å². The molecule has 2 aromatic carbocycles. The van der Waals surface area contributed by atoms with Crippen molar-refractivity contribution in [2.75, 3.05) is 38.1 Å². The summed E-state index contributed by atoms with van der Waals surface area (Å²) in [5.41, 5.74) is 4.86. The fourth-order valence-electron chi connectivity index (χ4n) is 4.61. The highest BCUT2D eigenvalue weighted by atomic mass is 16.2. The average Bonchev–Trinajstić information content (AvgIpc) is 3.19. The molecule has 0 spiro atoms. The van der Waals surface area contributed by atoms with Crippen LogP contribution in [0.1, 0.15) is 42.0 Å². The molecule has 1 atom stereocenters. The van der Waals surface area contributed by atoms with Crippen molar-refractivity contribution < 1.29 is 9.59 Å². The molecule has 4 rings (SSSR count). The van der Waals surface area contributed by atoms with E-state index in [1.54, 1.807) is 0 Å². The lowest BCUT2D eigenvalue weighted by atomic mass is 9.98. The number of benzene rings is 2. The van der Waals surface area contributed by atoms with Crippen molar-refractivity contribution in [2.45, 2.75) is 38.3 Å². The molecule has 0 radical (unpaired) electrons. The lowest BCUT2D eigenvalue weighted by Crippen LogP contribution is -2.45. The Kier molecular flexibility index (Phi) is 6.87. The minimum absolute atomic E-state index is 0.0855. The number of nitrogens with one attached hydrogen (secondary N) is 2. The molecule has 31 heavy (non-hydrogen) atoms. The number of carbonyl (C=O) groups is 2. The summed E-state index contributed by atoms with van der Waals surface area (Å²) in [5.74, 6) is -1.16. The van der Waals surface area contributed by atoms with Crippen LogP contribution in [-0.2, 0) is 22.6 Å².